The van der Waals surface area contributed by atoms with Crippen LogP contribution in [0.15, 0.2) is 0 Å². The van der Waals surface area contributed by atoms with Crippen molar-refractivity contribution < 1.29 is 45.6 Å². The van der Waals surface area contributed by atoms with Crippen molar-refractivity contribution in [3.8, 4) is 0 Å². The molecule has 2 aliphatic heterocycles. The van der Waals surface area contributed by atoms with E-state index in [1.54, 1.807) is 0 Å². The number of carbonyl (C=O) groups excluding carboxylic acids is 6. The molecule has 0 N–H and O–H groups in total. The summed E-state index contributed by atoms with van der Waals surface area (Å²) >= 11 is -7.93. The van der Waals surface area contributed by atoms with Crippen molar-refractivity contribution in [1.82, 2.24) is 0 Å². The van der Waals surface area contributed by atoms with Crippen LogP contribution in [-0.2, 0) is 45.6 Å². The van der Waals surface area contributed by atoms with Crippen molar-refractivity contribution in [1.29, 1.82) is 0 Å². The maximum absolute atomic E-state index is 11.8. The molecule has 2 rings (SSSR count). The first-order chi connectivity index (χ1) is 13.8. The predicted octanol–water partition coefficient (Wildman–Crippen LogP) is -0.247. The Morgan fingerprint density at radius 2 is 0.966 bits per heavy atom. The van der Waals surface area contributed by atoms with Gasteiger partial charge in [0.25, 0.3) is 0 Å². The first-order valence-electron chi connectivity index (χ1n) is 8.67. The van der Waals surface area contributed by atoms with Gasteiger partial charge in [0.1, 0.15) is 0 Å². The quantitative estimate of drug-likeness (QED) is 0.325. The van der Waals surface area contributed by atoms with Gasteiger partial charge in [-0.1, -0.05) is 0 Å². The molecular formula is C15H18Bi2O12. The molecule has 0 radical (unpaired) electrons. The van der Waals surface area contributed by atoms with Crippen LogP contribution in [0.1, 0.15) is 57.8 Å². The molecule has 160 valence electrons. The van der Waals surface area contributed by atoms with E-state index in [9.17, 15) is 28.8 Å². The van der Waals surface area contributed by atoms with Crippen LogP contribution in [0.4, 0.5) is 0 Å². The third-order valence-electron chi connectivity index (χ3n) is 3.34. The second-order valence-electron chi connectivity index (χ2n) is 5.79. The molecule has 2 heterocycles. The number of hydrogen-bond donors (Lipinski definition) is 0. The summed E-state index contributed by atoms with van der Waals surface area (Å²) < 4.78 is 29.5. The molecular weight excluding hydrogens is 790 g/mol. The fourth-order valence-electron chi connectivity index (χ4n) is 2.02. The molecule has 12 nitrogen and oxygen atoms in total. The van der Waals surface area contributed by atoms with Crippen molar-refractivity contribution >= 4 is 82.0 Å². The van der Waals surface area contributed by atoms with Gasteiger partial charge in [0.05, 0.1) is 0 Å². The van der Waals surface area contributed by atoms with Gasteiger partial charge in [-0.05, 0) is 0 Å². The zero-order valence-electron chi connectivity index (χ0n) is 15.2. The van der Waals surface area contributed by atoms with Crippen LogP contribution in [-0.4, -0.2) is 82.0 Å². The standard InChI is InChI=1S/3C5H8O4.2Bi/c3*6-4(7)2-1-3-5(8)9;;/h3*1-3H2,(H,6,7)(H,8,9);;/q;;;2*+3/p-6. The van der Waals surface area contributed by atoms with Crippen molar-refractivity contribution in [2.75, 3.05) is 0 Å². The van der Waals surface area contributed by atoms with Gasteiger partial charge in [0.15, 0.2) is 0 Å². The Labute approximate surface area is 184 Å². The Balaban J connectivity index is 1.70. The van der Waals surface area contributed by atoms with Crippen LogP contribution in [0.3, 0.4) is 0 Å². The van der Waals surface area contributed by atoms with Crippen LogP contribution >= 0.6 is 0 Å². The monoisotopic (exact) mass is 808 g/mol. The molecule has 0 saturated carbocycles. The molecule has 0 amide bonds. The molecule has 0 bridgehead atoms. The summed E-state index contributed by atoms with van der Waals surface area (Å²) in [6.45, 7) is 0. The van der Waals surface area contributed by atoms with Gasteiger partial charge >= 0.3 is 185 Å². The average molecular weight is 808 g/mol. The van der Waals surface area contributed by atoms with Crippen LogP contribution in [0.5, 0.6) is 0 Å². The summed E-state index contributed by atoms with van der Waals surface area (Å²) in [6, 6.07) is 0. The van der Waals surface area contributed by atoms with Gasteiger partial charge in [-0.25, -0.2) is 0 Å². The first-order valence-corrected chi connectivity index (χ1v) is 17.2. The Hall–Kier alpha value is -1.41. The molecule has 0 aromatic heterocycles. The Bertz CT molecular complexity index is 586. The van der Waals surface area contributed by atoms with E-state index in [0.717, 1.165) is 0 Å². The van der Waals surface area contributed by atoms with E-state index in [1.807, 2.05) is 0 Å². The molecule has 0 atom stereocenters. The number of carbonyl (C=O) groups is 6. The molecule has 0 spiro atoms. The molecule has 2 saturated heterocycles. The second kappa shape index (κ2) is 12.3. The summed E-state index contributed by atoms with van der Waals surface area (Å²) in [5, 5.41) is 0. The third-order valence-corrected chi connectivity index (χ3v) is 11.6. The van der Waals surface area contributed by atoms with Crippen molar-refractivity contribution in [3.63, 3.8) is 0 Å². The fourth-order valence-corrected chi connectivity index (χ4v) is 8.89. The van der Waals surface area contributed by atoms with E-state index >= 15 is 0 Å². The number of rotatable bonds is 6. The zero-order chi connectivity index (χ0) is 21.2. The summed E-state index contributed by atoms with van der Waals surface area (Å²) in [7, 11) is 0. The molecule has 0 aromatic rings. The molecule has 0 aliphatic carbocycles. The van der Waals surface area contributed by atoms with E-state index in [0.29, 0.717) is 12.8 Å². The molecule has 2 fully saturated rings. The normalized spacial score (nSPS) is 19.3. The SMILES string of the molecule is O=C1CCCC(=O)[O][Bi]([O]C(=O)CCCC(=O)[O][Bi]2[O]C(=O)CCCC(=O)[O]2)[O]1. The fraction of sp³-hybridized carbons (Fsp3) is 0.600. The molecule has 0 unspecified atom stereocenters. The van der Waals surface area contributed by atoms with Gasteiger partial charge < -0.3 is 0 Å². The van der Waals surface area contributed by atoms with Gasteiger partial charge in [-0.3, -0.25) is 0 Å². The van der Waals surface area contributed by atoms with E-state index in [-0.39, 0.29) is 44.9 Å². The van der Waals surface area contributed by atoms with Crippen LogP contribution < -0.4 is 0 Å². The summed E-state index contributed by atoms with van der Waals surface area (Å²) in [6.07, 6.45) is 0.404. The Morgan fingerprint density at radius 3 is 1.28 bits per heavy atom. The number of hydrogen-bond acceptors (Lipinski definition) is 12. The average Bonchev–Trinajstić information content (AvgIpc) is 2.58. The van der Waals surface area contributed by atoms with Gasteiger partial charge in [0.2, 0.25) is 0 Å². The van der Waals surface area contributed by atoms with Crippen LogP contribution in [0.25, 0.3) is 0 Å². The van der Waals surface area contributed by atoms with Crippen molar-refractivity contribution in [3.05, 3.63) is 0 Å². The third kappa shape index (κ3) is 9.76. The van der Waals surface area contributed by atoms with Crippen LogP contribution in [0.2, 0.25) is 0 Å². The first kappa shape index (κ1) is 23.9. The minimum atomic E-state index is -3.96. The maximum atomic E-state index is 11.8. The predicted molar refractivity (Wildman–Crippen MR) is 89.6 cm³/mol. The van der Waals surface area contributed by atoms with Crippen LogP contribution in [0, 0.1) is 0 Å². The molecule has 0 aromatic carbocycles. The minimum absolute atomic E-state index is 0.0244. The Morgan fingerprint density at radius 1 is 0.655 bits per heavy atom. The molecule has 14 heteroatoms. The van der Waals surface area contributed by atoms with E-state index < -0.39 is 82.0 Å². The summed E-state index contributed by atoms with van der Waals surface area (Å²) in [5.41, 5.74) is 0. The summed E-state index contributed by atoms with van der Waals surface area (Å²) in [5.74, 6) is -3.87. The van der Waals surface area contributed by atoms with Crippen molar-refractivity contribution in [2.24, 2.45) is 0 Å². The van der Waals surface area contributed by atoms with E-state index in [2.05, 4.69) is 0 Å². The van der Waals surface area contributed by atoms with Gasteiger partial charge in [-0.2, -0.15) is 0 Å². The summed E-state index contributed by atoms with van der Waals surface area (Å²) in [4.78, 5) is 69.4. The van der Waals surface area contributed by atoms with E-state index in [1.165, 1.54) is 0 Å². The second-order valence-corrected chi connectivity index (χ2v) is 13.5. The van der Waals surface area contributed by atoms with Gasteiger partial charge in [-0.15, -0.1) is 0 Å². The Kier molecular flexibility index (Phi) is 10.1. The molecule has 29 heavy (non-hydrogen) atoms. The topological polar surface area (TPSA) is 158 Å². The van der Waals surface area contributed by atoms with Gasteiger partial charge in [0, 0.05) is 0 Å². The van der Waals surface area contributed by atoms with Crippen molar-refractivity contribution in [2.45, 2.75) is 57.8 Å². The van der Waals surface area contributed by atoms with E-state index in [4.69, 9.17) is 16.9 Å². The zero-order valence-corrected chi connectivity index (χ0v) is 22.1. The molecule has 2 aliphatic rings.